The van der Waals surface area contributed by atoms with E-state index in [4.69, 9.17) is 0 Å². The first kappa shape index (κ1) is 11.0. The van der Waals surface area contributed by atoms with Crippen LogP contribution < -0.4 is 0 Å². The highest BCUT2D eigenvalue weighted by atomic mass is 79.9. The van der Waals surface area contributed by atoms with Gasteiger partial charge in [0.05, 0.1) is 0 Å². The highest BCUT2D eigenvalue weighted by Crippen LogP contribution is 2.34. The van der Waals surface area contributed by atoms with Crippen molar-refractivity contribution in [1.29, 1.82) is 0 Å². The summed E-state index contributed by atoms with van der Waals surface area (Å²) in [6.45, 7) is 8.95. The Balaban J connectivity index is 3.89. The maximum atomic E-state index is 3.63. The molecule has 0 rings (SSSR count). The second-order valence-corrected chi connectivity index (χ2v) is 6.90. The zero-order valence-corrected chi connectivity index (χ0v) is 10.3. The van der Waals surface area contributed by atoms with Crippen molar-refractivity contribution in [3.8, 4) is 0 Å². The lowest BCUT2D eigenvalue weighted by Crippen LogP contribution is -2.24. The number of alkyl halides is 2. The lowest BCUT2D eigenvalue weighted by atomic mass is 9.86. The van der Waals surface area contributed by atoms with Gasteiger partial charge in [0, 0.05) is 9.65 Å². The molecule has 0 aromatic rings. The quantitative estimate of drug-likeness (QED) is 0.682. The molecule has 0 spiro atoms. The Hall–Kier alpha value is 0.960. The molecule has 0 atom stereocenters. The minimum Gasteiger partial charge on any atom is -0.0922 e. The Morgan fingerprint density at radius 1 is 1.10 bits per heavy atom. The van der Waals surface area contributed by atoms with Crippen molar-refractivity contribution in [3.63, 3.8) is 0 Å². The van der Waals surface area contributed by atoms with Gasteiger partial charge >= 0.3 is 0 Å². The average molecular weight is 272 g/mol. The first-order valence-corrected chi connectivity index (χ1v) is 5.43. The van der Waals surface area contributed by atoms with Gasteiger partial charge in [-0.3, -0.25) is 0 Å². The summed E-state index contributed by atoms with van der Waals surface area (Å²) in [4.78, 5) is 0. The molecule has 0 unspecified atom stereocenters. The van der Waals surface area contributed by atoms with Gasteiger partial charge in [-0.1, -0.05) is 59.6 Å². The highest BCUT2D eigenvalue weighted by molar-refractivity contribution is 9.10. The predicted octanol–water partition coefficient (Wildman–Crippen LogP) is 3.97. The van der Waals surface area contributed by atoms with Crippen LogP contribution in [0.2, 0.25) is 0 Å². The monoisotopic (exact) mass is 270 g/mol. The zero-order valence-electron chi connectivity index (χ0n) is 7.17. The van der Waals surface area contributed by atoms with Gasteiger partial charge < -0.3 is 0 Å². The Morgan fingerprint density at radius 3 is 1.60 bits per heavy atom. The molecule has 0 aliphatic rings. The summed E-state index contributed by atoms with van der Waals surface area (Å²) in [7, 11) is 0. The third-order valence-electron chi connectivity index (χ3n) is 1.26. The maximum absolute atomic E-state index is 3.63. The molecular formula is C8H16Br2. The largest absolute Gasteiger partial charge is 0.0922 e. The third kappa shape index (κ3) is 5.72. The van der Waals surface area contributed by atoms with Gasteiger partial charge in [0.15, 0.2) is 0 Å². The lowest BCUT2D eigenvalue weighted by molar-refractivity contribution is 0.353. The van der Waals surface area contributed by atoms with Crippen LogP contribution in [0.15, 0.2) is 0 Å². The summed E-state index contributed by atoms with van der Waals surface area (Å²) in [5.74, 6) is 0. The smallest absolute Gasteiger partial charge is 0.0207 e. The Morgan fingerprint density at radius 2 is 1.50 bits per heavy atom. The van der Waals surface area contributed by atoms with Crippen LogP contribution >= 0.6 is 31.9 Å². The van der Waals surface area contributed by atoms with E-state index < -0.39 is 0 Å². The number of hydrogen-bond acceptors (Lipinski definition) is 0. The normalized spacial score (nSPS) is 13.8. The molecule has 0 aromatic heterocycles. The molecule has 0 saturated carbocycles. The summed E-state index contributed by atoms with van der Waals surface area (Å²) in [5.41, 5.74) is 0.396. The third-order valence-corrected chi connectivity index (χ3v) is 3.06. The fourth-order valence-electron chi connectivity index (χ4n) is 1.19. The molecule has 0 N–H and O–H groups in total. The molecule has 10 heavy (non-hydrogen) atoms. The van der Waals surface area contributed by atoms with Crippen molar-refractivity contribution < 1.29 is 0 Å². The van der Waals surface area contributed by atoms with Gasteiger partial charge in [-0.15, -0.1) is 0 Å². The van der Waals surface area contributed by atoms with Crippen molar-refractivity contribution in [2.75, 3.05) is 5.33 Å². The van der Waals surface area contributed by atoms with Gasteiger partial charge in [-0.2, -0.15) is 0 Å². The number of halogens is 2. The summed E-state index contributed by atoms with van der Waals surface area (Å²) in [6, 6.07) is 0. The summed E-state index contributed by atoms with van der Waals surface area (Å²) < 4.78 is 0.268. The molecular weight excluding hydrogens is 256 g/mol. The SMILES string of the molecule is CC(C)(Br)CC(C)(C)CBr. The molecule has 0 saturated heterocycles. The van der Waals surface area contributed by atoms with E-state index >= 15 is 0 Å². The van der Waals surface area contributed by atoms with Crippen molar-refractivity contribution in [2.45, 2.75) is 38.4 Å². The first-order chi connectivity index (χ1) is 4.27. The van der Waals surface area contributed by atoms with Gasteiger partial charge in [-0.05, 0) is 11.8 Å². The molecule has 0 amide bonds. The topological polar surface area (TPSA) is 0 Å². The van der Waals surface area contributed by atoms with E-state index in [0.29, 0.717) is 5.41 Å². The minimum atomic E-state index is 0.268. The molecule has 0 fully saturated rings. The number of rotatable bonds is 3. The van der Waals surface area contributed by atoms with Crippen LogP contribution in [0, 0.1) is 5.41 Å². The molecule has 0 aromatic carbocycles. The zero-order chi connectivity index (χ0) is 8.41. The Labute approximate surface area is 81.0 Å². The fourth-order valence-corrected chi connectivity index (χ4v) is 2.14. The van der Waals surface area contributed by atoms with Gasteiger partial charge in [0.25, 0.3) is 0 Å². The van der Waals surface area contributed by atoms with Crippen molar-refractivity contribution in [1.82, 2.24) is 0 Å². The molecule has 0 radical (unpaired) electrons. The standard InChI is InChI=1S/C8H16Br2/c1-7(2,6-9)5-8(3,4)10/h5-6H2,1-4H3. The first-order valence-electron chi connectivity index (χ1n) is 3.52. The predicted molar refractivity (Wildman–Crippen MR) is 55.2 cm³/mol. The summed E-state index contributed by atoms with van der Waals surface area (Å²) >= 11 is 7.14. The number of hydrogen-bond donors (Lipinski definition) is 0. The molecule has 62 valence electrons. The second kappa shape index (κ2) is 3.57. The van der Waals surface area contributed by atoms with Crippen LogP contribution in [-0.4, -0.2) is 9.65 Å². The molecule has 0 aliphatic carbocycles. The molecule has 0 nitrogen and oxygen atoms in total. The van der Waals surface area contributed by atoms with Crippen LogP contribution in [0.4, 0.5) is 0 Å². The van der Waals surface area contributed by atoms with Crippen LogP contribution in [0.1, 0.15) is 34.1 Å². The van der Waals surface area contributed by atoms with Crippen LogP contribution in [0.5, 0.6) is 0 Å². The molecule has 0 heterocycles. The summed E-state index contributed by atoms with van der Waals surface area (Å²) in [6.07, 6.45) is 1.19. The van der Waals surface area contributed by atoms with Crippen LogP contribution in [0.3, 0.4) is 0 Å². The lowest BCUT2D eigenvalue weighted by Gasteiger charge is -2.29. The van der Waals surface area contributed by atoms with E-state index in [1.165, 1.54) is 6.42 Å². The van der Waals surface area contributed by atoms with Gasteiger partial charge in [0.1, 0.15) is 0 Å². The Kier molecular flexibility index (Phi) is 3.92. The van der Waals surface area contributed by atoms with E-state index in [9.17, 15) is 0 Å². The minimum absolute atomic E-state index is 0.268. The fraction of sp³-hybridized carbons (Fsp3) is 1.00. The van der Waals surface area contributed by atoms with Crippen molar-refractivity contribution in [2.24, 2.45) is 5.41 Å². The van der Waals surface area contributed by atoms with Crippen LogP contribution in [-0.2, 0) is 0 Å². The van der Waals surface area contributed by atoms with E-state index in [-0.39, 0.29) is 4.32 Å². The maximum Gasteiger partial charge on any atom is 0.0207 e. The van der Waals surface area contributed by atoms with Gasteiger partial charge in [0.2, 0.25) is 0 Å². The van der Waals surface area contributed by atoms with Gasteiger partial charge in [-0.25, -0.2) is 0 Å². The average Bonchev–Trinajstić information content (AvgIpc) is 1.60. The second-order valence-electron chi connectivity index (χ2n) is 4.19. The summed E-state index contributed by atoms with van der Waals surface area (Å²) in [5, 5.41) is 1.06. The Bertz CT molecular complexity index is 100. The molecule has 0 aliphatic heterocycles. The van der Waals surface area contributed by atoms with Crippen molar-refractivity contribution in [3.05, 3.63) is 0 Å². The van der Waals surface area contributed by atoms with E-state index in [1.807, 2.05) is 0 Å². The van der Waals surface area contributed by atoms with E-state index in [2.05, 4.69) is 59.6 Å². The highest BCUT2D eigenvalue weighted by Gasteiger charge is 2.25. The van der Waals surface area contributed by atoms with Crippen LogP contribution in [0.25, 0.3) is 0 Å². The van der Waals surface area contributed by atoms with E-state index in [0.717, 1.165) is 5.33 Å². The van der Waals surface area contributed by atoms with Crippen molar-refractivity contribution >= 4 is 31.9 Å². The van der Waals surface area contributed by atoms with E-state index in [1.54, 1.807) is 0 Å². The molecule has 2 heteroatoms. The molecule has 0 bridgehead atoms.